The maximum Gasteiger partial charge on any atom is 0.303 e. The van der Waals surface area contributed by atoms with Gasteiger partial charge in [-0.25, -0.2) is 5.43 Å². The zero-order chi connectivity index (χ0) is 28.0. The maximum atomic E-state index is 11.9. The molecule has 1 rings (SSSR count). The first-order chi connectivity index (χ1) is 17.4. The fourth-order valence-corrected chi connectivity index (χ4v) is 3.42. The van der Waals surface area contributed by atoms with Crippen LogP contribution in [0.2, 0.25) is 0 Å². The van der Waals surface area contributed by atoms with Gasteiger partial charge in [-0.1, -0.05) is 0 Å². The second-order valence-electron chi connectivity index (χ2n) is 8.24. The van der Waals surface area contributed by atoms with E-state index in [9.17, 15) is 24.0 Å². The Labute approximate surface area is 215 Å². The molecular formula is C22H38N4O11. The minimum atomic E-state index is -1.20. The number of hydrogen-bond donors (Lipinski definition) is 4. The number of carbonyl (C=O) groups excluding carboxylic acids is 5. The molecule has 0 aromatic rings. The van der Waals surface area contributed by atoms with E-state index in [0.29, 0.717) is 13.0 Å². The molecule has 6 atom stereocenters. The van der Waals surface area contributed by atoms with Crippen LogP contribution in [0.3, 0.4) is 0 Å². The predicted molar refractivity (Wildman–Crippen MR) is 125 cm³/mol. The zero-order valence-corrected chi connectivity index (χ0v) is 21.8. The normalized spacial score (nSPS) is 23.9. The highest BCUT2D eigenvalue weighted by molar-refractivity contribution is 5.77. The van der Waals surface area contributed by atoms with Crippen molar-refractivity contribution in [2.45, 2.75) is 77.8 Å². The fraction of sp³-hybridized carbons (Fsp3) is 0.773. The summed E-state index contributed by atoms with van der Waals surface area (Å²) in [6.45, 7) is 6.76. The van der Waals surface area contributed by atoms with Crippen LogP contribution in [-0.2, 0) is 52.4 Å². The first-order valence-corrected chi connectivity index (χ1v) is 11.8. The molecule has 1 heterocycles. The van der Waals surface area contributed by atoms with Crippen molar-refractivity contribution in [1.29, 1.82) is 0 Å². The van der Waals surface area contributed by atoms with Crippen LogP contribution in [0.25, 0.3) is 0 Å². The molecule has 2 amide bonds. The molecule has 1 fully saturated rings. The zero-order valence-electron chi connectivity index (χ0n) is 21.8. The van der Waals surface area contributed by atoms with Crippen molar-refractivity contribution in [3.63, 3.8) is 0 Å². The van der Waals surface area contributed by atoms with Gasteiger partial charge in [0.2, 0.25) is 11.8 Å². The van der Waals surface area contributed by atoms with Crippen molar-refractivity contribution in [2.75, 3.05) is 32.9 Å². The molecular weight excluding hydrogens is 496 g/mol. The first-order valence-electron chi connectivity index (χ1n) is 11.8. The molecule has 6 unspecified atom stereocenters. The molecule has 0 aromatic carbocycles. The van der Waals surface area contributed by atoms with Crippen LogP contribution in [0.5, 0.6) is 0 Å². The van der Waals surface area contributed by atoms with Crippen molar-refractivity contribution in [3.8, 4) is 0 Å². The number of nitrogens with one attached hydrogen (secondary N) is 3. The van der Waals surface area contributed by atoms with Gasteiger partial charge < -0.3 is 39.5 Å². The summed E-state index contributed by atoms with van der Waals surface area (Å²) in [6.07, 6.45) is -4.22. The molecule has 1 saturated heterocycles. The minimum absolute atomic E-state index is 0.0216. The highest BCUT2D eigenvalue weighted by Gasteiger charge is 2.51. The SMILES string of the molecule is CC(=O)NC1C(OCCOC(C)CCNNC(=O)CN)OC(COC(C)=O)C(OC(C)=O)C1OC(C)=O. The third kappa shape index (κ3) is 12.8. The Morgan fingerprint density at radius 1 is 0.946 bits per heavy atom. The molecule has 1 aliphatic rings. The first kappa shape index (κ1) is 32.2. The van der Waals surface area contributed by atoms with Crippen LogP contribution in [0.4, 0.5) is 0 Å². The smallest absolute Gasteiger partial charge is 0.303 e. The van der Waals surface area contributed by atoms with Crippen LogP contribution < -0.4 is 21.9 Å². The molecule has 0 spiro atoms. The van der Waals surface area contributed by atoms with Gasteiger partial charge in [-0.3, -0.25) is 29.4 Å². The van der Waals surface area contributed by atoms with Gasteiger partial charge in [0.15, 0.2) is 18.5 Å². The van der Waals surface area contributed by atoms with Crippen LogP contribution in [-0.4, -0.2) is 99.4 Å². The van der Waals surface area contributed by atoms with Gasteiger partial charge in [0, 0.05) is 34.2 Å². The van der Waals surface area contributed by atoms with Gasteiger partial charge in [-0.2, -0.15) is 0 Å². The van der Waals surface area contributed by atoms with Gasteiger partial charge in [0.1, 0.15) is 18.8 Å². The molecule has 37 heavy (non-hydrogen) atoms. The quantitative estimate of drug-likeness (QED) is 0.0780. The highest BCUT2D eigenvalue weighted by Crippen LogP contribution is 2.28. The maximum absolute atomic E-state index is 11.9. The molecule has 0 aromatic heterocycles. The number of rotatable bonds is 15. The van der Waals surface area contributed by atoms with Gasteiger partial charge in [-0.15, -0.1) is 0 Å². The summed E-state index contributed by atoms with van der Waals surface area (Å²) in [4.78, 5) is 58.0. The molecule has 15 heteroatoms. The van der Waals surface area contributed by atoms with E-state index in [1.165, 1.54) is 13.8 Å². The lowest BCUT2D eigenvalue weighted by Crippen LogP contribution is -2.66. The van der Waals surface area contributed by atoms with Crippen LogP contribution in [0, 0.1) is 0 Å². The average molecular weight is 535 g/mol. The summed E-state index contributed by atoms with van der Waals surface area (Å²) >= 11 is 0. The van der Waals surface area contributed by atoms with E-state index in [4.69, 9.17) is 34.2 Å². The Morgan fingerprint density at radius 3 is 2.16 bits per heavy atom. The van der Waals surface area contributed by atoms with Crippen LogP contribution >= 0.6 is 0 Å². The molecule has 5 N–H and O–H groups in total. The lowest BCUT2D eigenvalue weighted by molar-refractivity contribution is -0.279. The molecule has 212 valence electrons. The topological polar surface area (TPSA) is 203 Å². The number of amides is 2. The number of hydrazine groups is 1. The number of hydrogen-bond acceptors (Lipinski definition) is 13. The number of nitrogens with two attached hydrogens (primary N) is 1. The lowest BCUT2D eigenvalue weighted by atomic mass is 9.96. The largest absolute Gasteiger partial charge is 0.463 e. The molecule has 15 nitrogen and oxygen atoms in total. The minimum Gasteiger partial charge on any atom is -0.463 e. The highest BCUT2D eigenvalue weighted by atomic mass is 16.7. The van der Waals surface area contributed by atoms with Crippen molar-refractivity contribution in [2.24, 2.45) is 5.73 Å². The molecule has 1 aliphatic heterocycles. The van der Waals surface area contributed by atoms with E-state index in [1.807, 2.05) is 6.92 Å². The standard InChI is InChI=1S/C22H38N4O11/c1-12(6-7-24-26-18(31)10-23)32-8-9-33-22-19(25-13(2)27)21(36-16(5)30)20(35-15(4)29)17(37-22)11-34-14(3)28/h12,17,19-22,24H,6-11,23H2,1-5H3,(H,25,27)(H,26,31). The van der Waals surface area contributed by atoms with Crippen molar-refractivity contribution in [1.82, 2.24) is 16.2 Å². The van der Waals surface area contributed by atoms with E-state index in [2.05, 4.69) is 16.2 Å². The second kappa shape index (κ2) is 16.8. The van der Waals surface area contributed by atoms with Gasteiger partial charge in [0.05, 0.1) is 25.9 Å². The number of ether oxygens (including phenoxy) is 6. The van der Waals surface area contributed by atoms with E-state index in [-0.39, 0.29) is 38.4 Å². The Balaban J connectivity index is 2.86. The third-order valence-corrected chi connectivity index (χ3v) is 4.93. The Bertz CT molecular complexity index is 782. The molecule has 0 radical (unpaired) electrons. The summed E-state index contributed by atoms with van der Waals surface area (Å²) in [5.41, 5.74) is 10.4. The van der Waals surface area contributed by atoms with E-state index in [0.717, 1.165) is 13.8 Å². The predicted octanol–water partition coefficient (Wildman–Crippen LogP) is -1.97. The molecule has 0 saturated carbocycles. The van der Waals surface area contributed by atoms with Crippen LogP contribution in [0.15, 0.2) is 0 Å². The fourth-order valence-electron chi connectivity index (χ4n) is 3.42. The van der Waals surface area contributed by atoms with Crippen molar-refractivity contribution >= 4 is 29.7 Å². The summed E-state index contributed by atoms with van der Waals surface area (Å²) in [5.74, 6) is -2.80. The van der Waals surface area contributed by atoms with Gasteiger partial charge in [0.25, 0.3) is 0 Å². The van der Waals surface area contributed by atoms with E-state index in [1.54, 1.807) is 0 Å². The molecule has 0 aliphatic carbocycles. The van der Waals surface area contributed by atoms with Gasteiger partial charge >= 0.3 is 17.9 Å². The summed E-state index contributed by atoms with van der Waals surface area (Å²) < 4.78 is 33.2. The molecule has 0 bridgehead atoms. The monoisotopic (exact) mass is 534 g/mol. The van der Waals surface area contributed by atoms with E-state index < -0.39 is 54.5 Å². The Morgan fingerprint density at radius 2 is 1.59 bits per heavy atom. The van der Waals surface area contributed by atoms with Crippen LogP contribution in [0.1, 0.15) is 41.0 Å². The van der Waals surface area contributed by atoms with Crippen molar-refractivity contribution in [3.05, 3.63) is 0 Å². The third-order valence-electron chi connectivity index (χ3n) is 4.93. The average Bonchev–Trinajstić information content (AvgIpc) is 2.80. The Kier molecular flexibility index (Phi) is 14.6. The number of carbonyl (C=O) groups is 5. The summed E-state index contributed by atoms with van der Waals surface area (Å²) in [5, 5.41) is 2.62. The summed E-state index contributed by atoms with van der Waals surface area (Å²) in [7, 11) is 0. The Hall–Kier alpha value is -2.85. The van der Waals surface area contributed by atoms with Gasteiger partial charge in [-0.05, 0) is 13.3 Å². The lowest BCUT2D eigenvalue weighted by Gasteiger charge is -2.44. The number of esters is 3. The van der Waals surface area contributed by atoms with E-state index >= 15 is 0 Å². The second-order valence-corrected chi connectivity index (χ2v) is 8.24. The van der Waals surface area contributed by atoms with Crippen molar-refractivity contribution < 1.29 is 52.4 Å². The summed E-state index contributed by atoms with van der Waals surface area (Å²) in [6, 6.07) is -1.05.